The van der Waals surface area contributed by atoms with Crippen LogP contribution in [0.25, 0.3) is 0 Å². The summed E-state index contributed by atoms with van der Waals surface area (Å²) in [4.78, 5) is 0. The van der Waals surface area contributed by atoms with Crippen LogP contribution in [0.2, 0.25) is 0 Å². The molecule has 0 unspecified atom stereocenters. The number of halogens is 2. The Kier molecular flexibility index (Phi) is 6.67. The molecule has 0 spiro atoms. The summed E-state index contributed by atoms with van der Waals surface area (Å²) in [5.41, 5.74) is 6.90. The molecule has 0 aromatic heterocycles. The molecule has 0 aliphatic heterocycles. The van der Waals surface area contributed by atoms with Crippen molar-refractivity contribution in [1.29, 1.82) is 0 Å². The van der Waals surface area contributed by atoms with E-state index in [-0.39, 0.29) is 25.1 Å². The molecule has 0 saturated carbocycles. The van der Waals surface area contributed by atoms with E-state index in [1.807, 2.05) is 24.3 Å². The van der Waals surface area contributed by atoms with Crippen molar-refractivity contribution in [3.05, 3.63) is 33.4 Å². The van der Waals surface area contributed by atoms with E-state index in [0.29, 0.717) is 6.42 Å². The third-order valence-corrected chi connectivity index (χ3v) is 2.39. The molecule has 4 heteroatoms. The van der Waals surface area contributed by atoms with E-state index in [2.05, 4.69) is 22.6 Å². The van der Waals surface area contributed by atoms with E-state index in [0.717, 1.165) is 5.56 Å². The molecule has 1 aromatic rings. The fourth-order valence-electron chi connectivity index (χ4n) is 1.04. The van der Waals surface area contributed by atoms with E-state index in [9.17, 15) is 0 Å². The Morgan fingerprint density at radius 1 is 1.46 bits per heavy atom. The number of rotatable bonds is 3. The summed E-state index contributed by atoms with van der Waals surface area (Å²) in [6, 6.07) is 8.00. The van der Waals surface area contributed by atoms with Crippen molar-refractivity contribution >= 4 is 35.0 Å². The van der Waals surface area contributed by atoms with E-state index in [1.54, 1.807) is 0 Å². The highest BCUT2D eigenvalue weighted by atomic mass is 127. The Morgan fingerprint density at radius 2 is 2.15 bits per heavy atom. The average molecular weight is 314 g/mol. The van der Waals surface area contributed by atoms with Gasteiger partial charge in [0.05, 0.1) is 0 Å². The molecule has 0 aliphatic rings. The van der Waals surface area contributed by atoms with Crippen molar-refractivity contribution in [3.63, 3.8) is 0 Å². The summed E-state index contributed by atoms with van der Waals surface area (Å²) >= 11 is 2.25. The maximum atomic E-state index is 8.69. The average Bonchev–Trinajstić information content (AvgIpc) is 2.05. The Labute approximate surface area is 98.1 Å². The Morgan fingerprint density at radius 3 is 2.69 bits per heavy atom. The molecule has 1 atom stereocenters. The quantitative estimate of drug-likeness (QED) is 0.840. The summed E-state index contributed by atoms with van der Waals surface area (Å²) in [7, 11) is 0. The van der Waals surface area contributed by atoms with Gasteiger partial charge in [-0.3, -0.25) is 0 Å². The second-order valence-electron chi connectivity index (χ2n) is 2.67. The summed E-state index contributed by atoms with van der Waals surface area (Å²) in [6.45, 7) is 0.145. The molecular formula is C9H13ClINO. The summed E-state index contributed by atoms with van der Waals surface area (Å²) in [5.74, 6) is 0. The van der Waals surface area contributed by atoms with Crippen LogP contribution in [0.5, 0.6) is 0 Å². The molecule has 0 amide bonds. The van der Waals surface area contributed by atoms with Crippen LogP contribution >= 0.6 is 35.0 Å². The molecule has 74 valence electrons. The minimum atomic E-state index is -0.0373. The second kappa shape index (κ2) is 6.59. The lowest BCUT2D eigenvalue weighted by Crippen LogP contribution is -2.11. The van der Waals surface area contributed by atoms with E-state index in [4.69, 9.17) is 10.8 Å². The fraction of sp³-hybridized carbons (Fsp3) is 0.333. The highest BCUT2D eigenvalue weighted by Crippen LogP contribution is 2.15. The second-order valence-corrected chi connectivity index (χ2v) is 3.92. The first kappa shape index (κ1) is 13.2. The van der Waals surface area contributed by atoms with Crippen molar-refractivity contribution < 1.29 is 5.11 Å². The minimum absolute atomic E-state index is 0. The van der Waals surface area contributed by atoms with E-state index < -0.39 is 0 Å². The number of aliphatic hydroxyl groups is 1. The largest absolute Gasteiger partial charge is 0.396 e. The van der Waals surface area contributed by atoms with Gasteiger partial charge in [-0.2, -0.15) is 0 Å². The lowest BCUT2D eigenvalue weighted by molar-refractivity contribution is 0.276. The zero-order valence-electron chi connectivity index (χ0n) is 7.11. The summed E-state index contributed by atoms with van der Waals surface area (Å²) in [6.07, 6.45) is 0.625. The van der Waals surface area contributed by atoms with Gasteiger partial charge in [0.2, 0.25) is 0 Å². The Balaban J connectivity index is 0.00000144. The van der Waals surface area contributed by atoms with Gasteiger partial charge in [-0.15, -0.1) is 12.4 Å². The highest BCUT2D eigenvalue weighted by Gasteiger charge is 2.04. The van der Waals surface area contributed by atoms with Gasteiger partial charge >= 0.3 is 0 Å². The molecule has 13 heavy (non-hydrogen) atoms. The predicted octanol–water partition coefficient (Wildman–Crippen LogP) is 2.10. The third-order valence-electron chi connectivity index (χ3n) is 1.72. The van der Waals surface area contributed by atoms with Crippen LogP contribution in [0.1, 0.15) is 18.0 Å². The summed E-state index contributed by atoms with van der Waals surface area (Å²) in [5, 5.41) is 8.69. The van der Waals surface area contributed by atoms with Gasteiger partial charge in [-0.25, -0.2) is 0 Å². The number of aliphatic hydroxyl groups excluding tert-OH is 1. The highest BCUT2D eigenvalue weighted by molar-refractivity contribution is 14.1. The third kappa shape index (κ3) is 4.26. The number of benzene rings is 1. The topological polar surface area (TPSA) is 46.2 Å². The molecule has 0 radical (unpaired) electrons. The normalized spacial score (nSPS) is 11.9. The minimum Gasteiger partial charge on any atom is -0.396 e. The first-order valence-electron chi connectivity index (χ1n) is 3.86. The molecule has 0 fully saturated rings. The van der Waals surface area contributed by atoms with Crippen LogP contribution in [0.3, 0.4) is 0 Å². The van der Waals surface area contributed by atoms with Gasteiger partial charge in [0.1, 0.15) is 0 Å². The number of nitrogens with two attached hydrogens (primary N) is 1. The lowest BCUT2D eigenvalue weighted by Gasteiger charge is -2.09. The molecule has 0 saturated heterocycles. The van der Waals surface area contributed by atoms with Gasteiger partial charge in [-0.05, 0) is 46.7 Å². The molecule has 3 N–H and O–H groups in total. The molecule has 0 aliphatic carbocycles. The van der Waals surface area contributed by atoms with Crippen molar-refractivity contribution in [2.75, 3.05) is 6.61 Å². The zero-order chi connectivity index (χ0) is 8.97. The summed E-state index contributed by atoms with van der Waals surface area (Å²) < 4.78 is 1.18. The van der Waals surface area contributed by atoms with E-state index >= 15 is 0 Å². The molecule has 1 aromatic carbocycles. The van der Waals surface area contributed by atoms with Gasteiger partial charge in [0, 0.05) is 16.2 Å². The van der Waals surface area contributed by atoms with Crippen molar-refractivity contribution in [3.8, 4) is 0 Å². The van der Waals surface area contributed by atoms with Gasteiger partial charge in [0.15, 0.2) is 0 Å². The molecule has 0 heterocycles. The fourth-order valence-corrected chi connectivity index (χ4v) is 1.61. The first-order chi connectivity index (χ1) is 5.74. The van der Waals surface area contributed by atoms with Crippen LogP contribution in [0.15, 0.2) is 24.3 Å². The Bertz CT molecular complexity index is 257. The smallest absolute Gasteiger partial charge is 0.0449 e. The van der Waals surface area contributed by atoms with Crippen molar-refractivity contribution in [2.45, 2.75) is 12.5 Å². The molecule has 2 nitrogen and oxygen atoms in total. The predicted molar refractivity (Wildman–Crippen MR) is 65.0 cm³/mol. The lowest BCUT2D eigenvalue weighted by atomic mass is 10.1. The number of hydrogen-bond donors (Lipinski definition) is 2. The standard InChI is InChI=1S/C9H12INO.ClH/c10-8-3-1-2-7(6-8)9(11)4-5-12;/h1-3,6,9,12H,4-5,11H2;1H/t9-;/m0./s1. The van der Waals surface area contributed by atoms with Crippen molar-refractivity contribution in [2.24, 2.45) is 5.73 Å². The Hall–Kier alpha value is 0.160. The van der Waals surface area contributed by atoms with E-state index in [1.165, 1.54) is 3.57 Å². The van der Waals surface area contributed by atoms with Gasteiger partial charge in [0.25, 0.3) is 0 Å². The monoisotopic (exact) mass is 313 g/mol. The van der Waals surface area contributed by atoms with Crippen LogP contribution in [0, 0.1) is 3.57 Å². The number of hydrogen-bond acceptors (Lipinski definition) is 2. The molecule has 1 rings (SSSR count). The van der Waals surface area contributed by atoms with Crippen LogP contribution in [0.4, 0.5) is 0 Å². The molecule has 0 bridgehead atoms. The first-order valence-corrected chi connectivity index (χ1v) is 4.94. The van der Waals surface area contributed by atoms with Gasteiger partial charge in [-0.1, -0.05) is 12.1 Å². The van der Waals surface area contributed by atoms with Crippen molar-refractivity contribution in [1.82, 2.24) is 0 Å². The zero-order valence-corrected chi connectivity index (χ0v) is 10.1. The SMILES string of the molecule is Cl.N[C@@H](CCO)c1cccc(I)c1. The van der Waals surface area contributed by atoms with Crippen LogP contribution in [-0.4, -0.2) is 11.7 Å². The molecular weight excluding hydrogens is 300 g/mol. The van der Waals surface area contributed by atoms with Gasteiger partial charge < -0.3 is 10.8 Å². The maximum absolute atomic E-state index is 8.69. The van der Waals surface area contributed by atoms with Crippen LogP contribution in [-0.2, 0) is 0 Å². The maximum Gasteiger partial charge on any atom is 0.0449 e. The van der Waals surface area contributed by atoms with Crippen LogP contribution < -0.4 is 5.73 Å².